The fourth-order valence-electron chi connectivity index (χ4n) is 3.46. The van der Waals surface area contributed by atoms with Crippen LogP contribution in [0.15, 0.2) is 58.4 Å². The maximum atomic E-state index is 13.3. The number of nitrogens with one attached hydrogen (secondary N) is 2. The van der Waals surface area contributed by atoms with E-state index in [9.17, 15) is 22.4 Å². The number of ether oxygens (including phenoxy) is 1. The maximum Gasteiger partial charge on any atom is 0.340 e. The first-order valence-electron chi connectivity index (χ1n) is 9.94. The van der Waals surface area contributed by atoms with Gasteiger partial charge in [-0.2, -0.15) is 0 Å². The number of nitrogens with zero attached hydrogens (tertiary/aromatic N) is 1. The minimum Gasteiger partial charge on any atom is -0.460 e. The Labute approximate surface area is 188 Å². The molecule has 0 saturated heterocycles. The van der Waals surface area contributed by atoms with E-state index in [1.807, 2.05) is 0 Å². The second-order valence-electron chi connectivity index (χ2n) is 7.64. The molecular formula is C22H21FN4O5S. The number of nitrogens with two attached hydrogens (primary N) is 1. The van der Waals surface area contributed by atoms with E-state index in [0.717, 1.165) is 16.4 Å². The van der Waals surface area contributed by atoms with Crippen LogP contribution >= 0.6 is 0 Å². The molecule has 4 aromatic rings. The van der Waals surface area contributed by atoms with E-state index in [2.05, 4.69) is 9.97 Å². The van der Waals surface area contributed by atoms with Crippen LogP contribution in [0, 0.1) is 5.82 Å². The third-order valence-electron chi connectivity index (χ3n) is 5.16. The summed E-state index contributed by atoms with van der Waals surface area (Å²) in [6.07, 6.45) is 1.34. The molecule has 2 aromatic carbocycles. The highest BCUT2D eigenvalue weighted by molar-refractivity contribution is 7.92. The summed E-state index contributed by atoms with van der Waals surface area (Å²) in [4.78, 5) is 30.4. The third kappa shape index (κ3) is 4.08. The fraction of sp³-hybridized carbons (Fsp3) is 0.182. The summed E-state index contributed by atoms with van der Waals surface area (Å²) in [5, 5.41) is 0.581. The maximum absolute atomic E-state index is 13.3. The average molecular weight is 472 g/mol. The second kappa shape index (κ2) is 8.34. The van der Waals surface area contributed by atoms with Gasteiger partial charge in [0.2, 0.25) is 0 Å². The summed E-state index contributed by atoms with van der Waals surface area (Å²) in [5.74, 6) is -1.18. The van der Waals surface area contributed by atoms with Crippen molar-refractivity contribution in [3.8, 4) is 0 Å². The Morgan fingerprint density at radius 1 is 1.21 bits per heavy atom. The lowest BCUT2D eigenvalue weighted by Gasteiger charge is -2.20. The molecule has 0 amide bonds. The first-order valence-corrected chi connectivity index (χ1v) is 11.4. The van der Waals surface area contributed by atoms with E-state index in [4.69, 9.17) is 10.5 Å². The summed E-state index contributed by atoms with van der Waals surface area (Å²) >= 11 is 0. The lowest BCUT2D eigenvalue weighted by atomic mass is 10.1. The quantitative estimate of drug-likeness (QED) is 0.369. The van der Waals surface area contributed by atoms with Crippen molar-refractivity contribution in [1.82, 2.24) is 9.97 Å². The molecule has 11 heteroatoms. The average Bonchev–Trinajstić information content (AvgIpc) is 3.23. The Kier molecular flexibility index (Phi) is 5.68. The number of benzene rings is 2. The van der Waals surface area contributed by atoms with Gasteiger partial charge in [0, 0.05) is 35.6 Å². The van der Waals surface area contributed by atoms with Crippen molar-refractivity contribution in [1.29, 1.82) is 0 Å². The molecule has 0 aliphatic heterocycles. The van der Waals surface area contributed by atoms with E-state index in [-0.39, 0.29) is 39.7 Å². The Morgan fingerprint density at radius 2 is 1.91 bits per heavy atom. The van der Waals surface area contributed by atoms with Gasteiger partial charge in [0.15, 0.2) is 0 Å². The zero-order valence-corrected chi connectivity index (χ0v) is 18.6. The lowest BCUT2D eigenvalue weighted by molar-refractivity contribution is 0.0489. The molecule has 0 aliphatic carbocycles. The van der Waals surface area contributed by atoms with Crippen LogP contribution in [0.4, 0.5) is 10.1 Å². The summed E-state index contributed by atoms with van der Waals surface area (Å²) in [6, 6.07) is 8.82. The van der Waals surface area contributed by atoms with E-state index in [0.29, 0.717) is 10.9 Å². The van der Waals surface area contributed by atoms with Crippen molar-refractivity contribution in [3.05, 3.63) is 70.4 Å². The van der Waals surface area contributed by atoms with Crippen LogP contribution in [0.2, 0.25) is 0 Å². The summed E-state index contributed by atoms with van der Waals surface area (Å²) in [5.41, 5.74) is 5.98. The van der Waals surface area contributed by atoms with Gasteiger partial charge in [0.1, 0.15) is 17.9 Å². The fourth-order valence-corrected chi connectivity index (χ4v) is 4.68. The SMILES string of the molecule is CC(N)COC(=O)c1c[nH]c2c(=O)[nH]c3ccc(S(=O)(=O)N(C)c4ccc(F)cc4)cc3c12. The molecule has 2 heterocycles. The lowest BCUT2D eigenvalue weighted by Crippen LogP contribution is -2.26. The van der Waals surface area contributed by atoms with Gasteiger partial charge in [-0.15, -0.1) is 0 Å². The first kappa shape index (κ1) is 22.5. The van der Waals surface area contributed by atoms with E-state index < -0.39 is 27.4 Å². The topological polar surface area (TPSA) is 138 Å². The molecule has 0 bridgehead atoms. The van der Waals surface area contributed by atoms with Crippen LogP contribution in [0.1, 0.15) is 17.3 Å². The number of aromatic amines is 2. The normalized spacial score (nSPS) is 12.7. The minimum absolute atomic E-state index is 0.0191. The number of hydrogen-bond donors (Lipinski definition) is 3. The van der Waals surface area contributed by atoms with Gasteiger partial charge in [0.05, 0.1) is 16.1 Å². The van der Waals surface area contributed by atoms with Gasteiger partial charge < -0.3 is 20.4 Å². The van der Waals surface area contributed by atoms with E-state index in [1.54, 1.807) is 6.92 Å². The van der Waals surface area contributed by atoms with Crippen molar-refractivity contribution in [2.45, 2.75) is 17.9 Å². The summed E-state index contributed by atoms with van der Waals surface area (Å²) < 4.78 is 46.0. The summed E-state index contributed by atoms with van der Waals surface area (Å²) in [7, 11) is -2.69. The van der Waals surface area contributed by atoms with Gasteiger partial charge in [-0.1, -0.05) is 0 Å². The van der Waals surface area contributed by atoms with Crippen molar-refractivity contribution >= 4 is 43.5 Å². The van der Waals surface area contributed by atoms with Crippen LogP contribution in [0.3, 0.4) is 0 Å². The van der Waals surface area contributed by atoms with Crippen LogP contribution in [-0.2, 0) is 14.8 Å². The largest absolute Gasteiger partial charge is 0.460 e. The molecule has 0 aliphatic rings. The van der Waals surface area contributed by atoms with Crippen molar-refractivity contribution in [3.63, 3.8) is 0 Å². The highest BCUT2D eigenvalue weighted by Gasteiger charge is 2.24. The van der Waals surface area contributed by atoms with Crippen LogP contribution in [0.25, 0.3) is 21.8 Å². The van der Waals surface area contributed by atoms with E-state index in [1.165, 1.54) is 43.6 Å². The Morgan fingerprint density at radius 3 is 2.58 bits per heavy atom. The number of aromatic nitrogens is 2. The molecule has 0 radical (unpaired) electrons. The third-order valence-corrected chi connectivity index (χ3v) is 6.94. The minimum atomic E-state index is -4.04. The van der Waals surface area contributed by atoms with Crippen LogP contribution in [-0.4, -0.2) is 44.1 Å². The van der Waals surface area contributed by atoms with Crippen LogP contribution < -0.4 is 15.6 Å². The molecule has 172 valence electrons. The highest BCUT2D eigenvalue weighted by Crippen LogP contribution is 2.29. The zero-order valence-electron chi connectivity index (χ0n) is 17.8. The van der Waals surface area contributed by atoms with Crippen LogP contribution in [0.5, 0.6) is 0 Å². The molecule has 1 atom stereocenters. The molecule has 1 unspecified atom stereocenters. The molecule has 2 aromatic heterocycles. The molecule has 4 N–H and O–H groups in total. The molecule has 9 nitrogen and oxygen atoms in total. The van der Waals surface area contributed by atoms with Crippen molar-refractivity contribution < 1.29 is 22.3 Å². The number of pyridine rings is 1. The predicted octanol–water partition coefficient (Wildman–Crippen LogP) is 2.48. The molecule has 0 saturated carbocycles. The second-order valence-corrected chi connectivity index (χ2v) is 9.61. The number of anilines is 1. The van der Waals surface area contributed by atoms with Gasteiger partial charge in [-0.25, -0.2) is 17.6 Å². The zero-order chi connectivity index (χ0) is 23.9. The first-order chi connectivity index (χ1) is 15.6. The number of rotatable bonds is 6. The summed E-state index contributed by atoms with van der Waals surface area (Å²) in [6.45, 7) is 1.66. The Bertz CT molecular complexity index is 1520. The molecule has 0 fully saturated rings. The number of esters is 1. The highest BCUT2D eigenvalue weighted by atomic mass is 32.2. The number of hydrogen-bond acceptors (Lipinski definition) is 6. The standard InChI is InChI=1S/C22H21FN4O5S/c1-12(24)11-32-22(29)17-10-25-20-19(17)16-9-15(7-8-18(16)26-21(20)28)33(30,31)27(2)14-5-3-13(23)4-6-14/h3-10,12,25H,11,24H2,1-2H3,(H,26,28). The number of carbonyl (C=O) groups is 1. The Hall–Kier alpha value is -3.70. The predicted molar refractivity (Wildman–Crippen MR) is 122 cm³/mol. The molecule has 33 heavy (non-hydrogen) atoms. The molecule has 0 spiro atoms. The number of H-pyrrole nitrogens is 2. The monoisotopic (exact) mass is 472 g/mol. The van der Waals surface area contributed by atoms with Gasteiger partial charge in [-0.05, 0) is 49.4 Å². The number of halogens is 1. The number of fused-ring (bicyclic) bond motifs is 3. The van der Waals surface area contributed by atoms with E-state index >= 15 is 0 Å². The molecule has 4 rings (SSSR count). The van der Waals surface area contributed by atoms with Crippen molar-refractivity contribution in [2.24, 2.45) is 5.73 Å². The molecular weight excluding hydrogens is 451 g/mol. The number of sulfonamides is 1. The smallest absolute Gasteiger partial charge is 0.340 e. The van der Waals surface area contributed by atoms with Gasteiger partial charge in [0.25, 0.3) is 15.6 Å². The van der Waals surface area contributed by atoms with Gasteiger partial charge in [-0.3, -0.25) is 9.10 Å². The van der Waals surface area contributed by atoms with Gasteiger partial charge >= 0.3 is 5.97 Å². The Balaban J connectivity index is 1.87. The number of carbonyl (C=O) groups excluding carboxylic acids is 1. The van der Waals surface area contributed by atoms with Crippen molar-refractivity contribution in [2.75, 3.05) is 18.0 Å².